The van der Waals surface area contributed by atoms with Crippen LogP contribution in [0.5, 0.6) is 17.2 Å². The first-order valence-corrected chi connectivity index (χ1v) is 15.5. The first kappa shape index (κ1) is 34.9. The van der Waals surface area contributed by atoms with E-state index in [0.717, 1.165) is 4.47 Å². The van der Waals surface area contributed by atoms with Crippen LogP contribution in [0.3, 0.4) is 0 Å². The number of rotatable bonds is 13. The van der Waals surface area contributed by atoms with Crippen LogP contribution >= 0.6 is 31.9 Å². The number of benzene rings is 3. The van der Waals surface area contributed by atoms with Gasteiger partial charge in [0.15, 0.2) is 18.1 Å². The summed E-state index contributed by atoms with van der Waals surface area (Å²) in [5.41, 5.74) is 4.78. The normalized spacial score (nSPS) is 14.2. The Balaban J connectivity index is 1.40. The van der Waals surface area contributed by atoms with Crippen molar-refractivity contribution in [1.29, 1.82) is 0 Å². The topological polar surface area (TPSA) is 180 Å². The van der Waals surface area contributed by atoms with Crippen molar-refractivity contribution >= 4 is 61.7 Å². The molecular weight excluding hydrogens is 746 g/mol. The largest absolute Gasteiger partial charge is 0.493 e. The SMILES string of the molecule is CCOC(=O)C1=C(C)NC(=O)N[C@H]1c1ccc(OCC(=O)N/N=C/c2cc(Br)cc(Br)c2OCc2ccc([N+](=O)[O-])cc2)c(OC)c1. The Hall–Kier alpha value is -4.96. The molecule has 3 amide bonds. The van der Waals surface area contributed by atoms with E-state index in [-0.39, 0.29) is 36.0 Å². The molecule has 246 valence electrons. The molecule has 1 aliphatic rings. The maximum atomic E-state index is 12.6. The molecule has 1 heterocycles. The number of nitrogens with one attached hydrogen (secondary N) is 3. The van der Waals surface area contributed by atoms with Crippen LogP contribution in [0, 0.1) is 10.1 Å². The number of hydrazone groups is 1. The molecule has 0 saturated carbocycles. The number of hydrogen-bond donors (Lipinski definition) is 3. The quantitative estimate of drug-likeness (QED) is 0.0884. The smallest absolute Gasteiger partial charge is 0.338 e. The summed E-state index contributed by atoms with van der Waals surface area (Å²) in [6.07, 6.45) is 1.40. The van der Waals surface area contributed by atoms with E-state index in [1.54, 1.807) is 56.3 Å². The lowest BCUT2D eigenvalue weighted by molar-refractivity contribution is -0.384. The van der Waals surface area contributed by atoms with Crippen molar-refractivity contribution in [3.05, 3.63) is 102 Å². The lowest BCUT2D eigenvalue weighted by Gasteiger charge is -2.28. The van der Waals surface area contributed by atoms with Gasteiger partial charge in [-0.2, -0.15) is 5.10 Å². The number of amides is 3. The van der Waals surface area contributed by atoms with E-state index in [0.29, 0.717) is 32.6 Å². The van der Waals surface area contributed by atoms with Crippen LogP contribution in [0.2, 0.25) is 0 Å². The zero-order chi connectivity index (χ0) is 34.1. The highest BCUT2D eigenvalue weighted by Gasteiger charge is 2.32. The average molecular weight is 775 g/mol. The maximum Gasteiger partial charge on any atom is 0.338 e. The molecule has 0 bridgehead atoms. The predicted molar refractivity (Wildman–Crippen MR) is 177 cm³/mol. The van der Waals surface area contributed by atoms with Gasteiger partial charge in [-0.25, -0.2) is 15.0 Å². The lowest BCUT2D eigenvalue weighted by Crippen LogP contribution is -2.45. The van der Waals surface area contributed by atoms with Crippen LogP contribution in [0.15, 0.2) is 79.9 Å². The molecule has 0 spiro atoms. The van der Waals surface area contributed by atoms with Crippen molar-refractivity contribution in [3.63, 3.8) is 0 Å². The van der Waals surface area contributed by atoms with E-state index >= 15 is 0 Å². The number of urea groups is 1. The molecule has 14 nitrogen and oxygen atoms in total. The van der Waals surface area contributed by atoms with Crippen molar-refractivity contribution in [2.75, 3.05) is 20.3 Å². The molecule has 1 aliphatic heterocycles. The monoisotopic (exact) mass is 773 g/mol. The summed E-state index contributed by atoms with van der Waals surface area (Å²) >= 11 is 6.89. The second kappa shape index (κ2) is 16.0. The van der Waals surface area contributed by atoms with Gasteiger partial charge in [0.2, 0.25) is 0 Å². The van der Waals surface area contributed by atoms with Gasteiger partial charge < -0.3 is 29.6 Å². The molecule has 1 atom stereocenters. The average Bonchev–Trinajstić information content (AvgIpc) is 3.03. The third-order valence-electron chi connectivity index (χ3n) is 6.60. The number of nitrogens with zero attached hydrogens (tertiary/aromatic N) is 2. The van der Waals surface area contributed by atoms with Gasteiger partial charge in [0.1, 0.15) is 12.4 Å². The molecule has 3 aromatic carbocycles. The van der Waals surface area contributed by atoms with Gasteiger partial charge >= 0.3 is 12.0 Å². The Kier molecular flexibility index (Phi) is 11.9. The molecular formula is C31H29Br2N5O9. The summed E-state index contributed by atoms with van der Waals surface area (Å²) in [4.78, 5) is 47.8. The van der Waals surface area contributed by atoms with Gasteiger partial charge in [-0.05, 0) is 77.3 Å². The Morgan fingerprint density at radius 3 is 2.51 bits per heavy atom. The second-order valence-electron chi connectivity index (χ2n) is 9.80. The number of carbonyl (C=O) groups excluding carboxylic acids is 3. The van der Waals surface area contributed by atoms with Gasteiger partial charge in [-0.3, -0.25) is 14.9 Å². The first-order valence-electron chi connectivity index (χ1n) is 13.9. The number of nitro benzene ring substituents is 1. The molecule has 4 rings (SSSR count). The third-order valence-corrected chi connectivity index (χ3v) is 7.65. The summed E-state index contributed by atoms with van der Waals surface area (Å²) < 4.78 is 23.6. The number of non-ortho nitro benzene ring substituents is 1. The summed E-state index contributed by atoms with van der Waals surface area (Å²) in [7, 11) is 1.42. The van der Waals surface area contributed by atoms with E-state index in [1.807, 2.05) is 0 Å². The number of allylic oxidation sites excluding steroid dienone is 1. The number of carbonyl (C=O) groups is 3. The number of esters is 1. The van der Waals surface area contributed by atoms with Crippen molar-refractivity contribution < 1.29 is 38.3 Å². The Bertz CT molecular complexity index is 1750. The number of methoxy groups -OCH3 is 1. The number of nitro groups is 1. The second-order valence-corrected chi connectivity index (χ2v) is 11.6. The highest BCUT2D eigenvalue weighted by atomic mass is 79.9. The summed E-state index contributed by atoms with van der Waals surface area (Å²) in [6, 6.07) is 13.0. The van der Waals surface area contributed by atoms with Crippen molar-refractivity contribution in [2.45, 2.75) is 26.5 Å². The van der Waals surface area contributed by atoms with E-state index in [4.69, 9.17) is 18.9 Å². The Labute approximate surface area is 285 Å². The molecule has 0 aromatic heterocycles. The van der Waals surface area contributed by atoms with Crippen LogP contribution in [-0.4, -0.2) is 49.4 Å². The van der Waals surface area contributed by atoms with Gasteiger partial charge in [-0.15, -0.1) is 0 Å². The molecule has 0 aliphatic carbocycles. The number of halogens is 2. The van der Waals surface area contributed by atoms with E-state index in [1.165, 1.54) is 25.5 Å². The minimum Gasteiger partial charge on any atom is -0.493 e. The Morgan fingerprint density at radius 1 is 1.09 bits per heavy atom. The molecule has 0 fully saturated rings. The first-order chi connectivity index (χ1) is 22.5. The highest BCUT2D eigenvalue weighted by molar-refractivity contribution is 9.11. The van der Waals surface area contributed by atoms with Crippen LogP contribution in [0.4, 0.5) is 10.5 Å². The maximum absolute atomic E-state index is 12.6. The number of hydrogen-bond acceptors (Lipinski definition) is 10. The van der Waals surface area contributed by atoms with Gasteiger partial charge in [0.25, 0.3) is 11.6 Å². The molecule has 0 saturated heterocycles. The fraction of sp³-hybridized carbons (Fsp3) is 0.226. The van der Waals surface area contributed by atoms with Gasteiger partial charge in [0.05, 0.1) is 40.9 Å². The minimum absolute atomic E-state index is 0.0223. The van der Waals surface area contributed by atoms with Gasteiger partial charge in [-0.1, -0.05) is 22.0 Å². The van der Waals surface area contributed by atoms with Crippen LogP contribution in [-0.2, 0) is 20.9 Å². The molecule has 3 aromatic rings. The minimum atomic E-state index is -0.801. The van der Waals surface area contributed by atoms with Crippen LogP contribution in [0.25, 0.3) is 0 Å². The highest BCUT2D eigenvalue weighted by Crippen LogP contribution is 2.35. The summed E-state index contributed by atoms with van der Waals surface area (Å²) in [5, 5.41) is 20.2. The summed E-state index contributed by atoms with van der Waals surface area (Å²) in [6.45, 7) is 3.18. The molecule has 0 radical (unpaired) electrons. The van der Waals surface area contributed by atoms with E-state index in [9.17, 15) is 24.5 Å². The van der Waals surface area contributed by atoms with E-state index in [2.05, 4.69) is 53.0 Å². The zero-order valence-corrected chi connectivity index (χ0v) is 28.5. The lowest BCUT2D eigenvalue weighted by atomic mass is 9.95. The third kappa shape index (κ3) is 9.07. The van der Waals surface area contributed by atoms with E-state index < -0.39 is 35.5 Å². The fourth-order valence-electron chi connectivity index (χ4n) is 4.45. The van der Waals surface area contributed by atoms with Crippen LogP contribution < -0.4 is 30.3 Å². The zero-order valence-electron chi connectivity index (χ0n) is 25.3. The number of ether oxygens (including phenoxy) is 4. The molecule has 3 N–H and O–H groups in total. The van der Waals surface area contributed by atoms with Crippen molar-refractivity contribution in [2.24, 2.45) is 5.10 Å². The fourth-order valence-corrected chi connectivity index (χ4v) is 5.83. The Morgan fingerprint density at radius 2 is 1.83 bits per heavy atom. The summed E-state index contributed by atoms with van der Waals surface area (Å²) in [5.74, 6) is -0.194. The van der Waals surface area contributed by atoms with Crippen LogP contribution in [0.1, 0.15) is 36.6 Å². The standard InChI is InChI=1S/C31H29Br2N5O9/c1-4-45-30(40)27-17(2)35-31(41)36-28(27)19-7-10-24(25(12-19)44-3)46-16-26(39)37-34-14-20-11-21(32)13-23(33)29(20)47-15-18-5-8-22(9-6-18)38(42)43/h5-14,28H,4,15-16H2,1-3H3,(H,37,39)(H2,35,36,41)/b34-14+/t28-/m0/s1. The van der Waals surface area contributed by atoms with Gasteiger partial charge in [0, 0.05) is 27.9 Å². The molecule has 47 heavy (non-hydrogen) atoms. The van der Waals surface area contributed by atoms with Crippen molar-refractivity contribution in [1.82, 2.24) is 16.1 Å². The molecule has 16 heteroatoms. The predicted octanol–water partition coefficient (Wildman–Crippen LogP) is 5.43. The van der Waals surface area contributed by atoms with Crippen molar-refractivity contribution in [3.8, 4) is 17.2 Å². The molecule has 0 unspecified atom stereocenters.